The first-order valence-corrected chi connectivity index (χ1v) is 16.9. The minimum Gasteiger partial charge on any atom is -0.462 e. The molecule has 0 aliphatic rings. The van der Waals surface area contributed by atoms with E-state index < -0.39 is 12.2 Å². The fourth-order valence-corrected chi connectivity index (χ4v) is 4.65. The molecule has 0 aliphatic carbocycles. The van der Waals surface area contributed by atoms with Gasteiger partial charge in [-0.2, -0.15) is 5.06 Å². The SMILES string of the molecule is CCCCCCCCCC(=O)OCC(Cn1cc(CCC(=O)C(C)OCN(C)OC)nn1)OC(=O)CCCCCCCCC. The van der Waals surface area contributed by atoms with E-state index in [0.29, 0.717) is 25.0 Å². The average molecular weight is 625 g/mol. The summed E-state index contributed by atoms with van der Waals surface area (Å²) in [6, 6.07) is 0. The van der Waals surface area contributed by atoms with Crippen molar-refractivity contribution in [1.29, 1.82) is 0 Å². The van der Waals surface area contributed by atoms with E-state index >= 15 is 0 Å². The highest BCUT2D eigenvalue weighted by Gasteiger charge is 2.20. The van der Waals surface area contributed by atoms with E-state index in [9.17, 15) is 14.4 Å². The molecule has 0 saturated carbocycles. The third-order valence-corrected chi connectivity index (χ3v) is 7.57. The highest BCUT2D eigenvalue weighted by molar-refractivity contribution is 5.82. The smallest absolute Gasteiger partial charge is 0.306 e. The summed E-state index contributed by atoms with van der Waals surface area (Å²) >= 11 is 0. The summed E-state index contributed by atoms with van der Waals surface area (Å²) in [5.41, 5.74) is 0.642. The number of carbonyl (C=O) groups excluding carboxylic acids is 3. The number of hydrogen-bond acceptors (Lipinski definition) is 10. The fourth-order valence-electron chi connectivity index (χ4n) is 4.65. The van der Waals surface area contributed by atoms with Crippen molar-refractivity contribution in [1.82, 2.24) is 20.1 Å². The van der Waals surface area contributed by atoms with Gasteiger partial charge in [-0.05, 0) is 19.8 Å². The van der Waals surface area contributed by atoms with Crippen molar-refractivity contribution in [3.05, 3.63) is 11.9 Å². The van der Waals surface area contributed by atoms with Gasteiger partial charge < -0.3 is 19.0 Å². The number of carbonyl (C=O) groups is 3. The molecule has 11 heteroatoms. The maximum absolute atomic E-state index is 12.6. The maximum Gasteiger partial charge on any atom is 0.306 e. The zero-order valence-electron chi connectivity index (χ0n) is 28.2. The van der Waals surface area contributed by atoms with Crippen LogP contribution < -0.4 is 0 Å². The van der Waals surface area contributed by atoms with Crippen LogP contribution in [0.2, 0.25) is 0 Å². The first-order chi connectivity index (χ1) is 21.3. The summed E-state index contributed by atoms with van der Waals surface area (Å²) in [6.45, 7) is 6.46. The molecule has 2 unspecified atom stereocenters. The van der Waals surface area contributed by atoms with Gasteiger partial charge in [0.1, 0.15) is 19.4 Å². The fraction of sp³-hybridized carbons (Fsp3) is 0.848. The molecule has 2 atom stereocenters. The Morgan fingerprint density at radius 3 is 2.00 bits per heavy atom. The highest BCUT2D eigenvalue weighted by atomic mass is 16.7. The lowest BCUT2D eigenvalue weighted by Crippen LogP contribution is -2.30. The topological polar surface area (TPSA) is 122 Å². The van der Waals surface area contributed by atoms with Gasteiger partial charge in [-0.3, -0.25) is 14.4 Å². The predicted octanol–water partition coefficient (Wildman–Crippen LogP) is 6.37. The van der Waals surface area contributed by atoms with Crippen molar-refractivity contribution in [2.24, 2.45) is 0 Å². The number of aromatic nitrogens is 3. The van der Waals surface area contributed by atoms with E-state index in [1.807, 2.05) is 0 Å². The number of unbranched alkanes of at least 4 members (excludes halogenated alkanes) is 12. The Hall–Kier alpha value is -2.37. The molecule has 0 fully saturated rings. The van der Waals surface area contributed by atoms with Gasteiger partial charge in [-0.25, -0.2) is 4.68 Å². The molecule has 0 N–H and O–H groups in total. The number of hydrogen-bond donors (Lipinski definition) is 0. The Morgan fingerprint density at radius 1 is 0.841 bits per heavy atom. The predicted molar refractivity (Wildman–Crippen MR) is 170 cm³/mol. The van der Waals surface area contributed by atoms with Crippen molar-refractivity contribution >= 4 is 17.7 Å². The molecule has 0 amide bonds. The van der Waals surface area contributed by atoms with Gasteiger partial charge in [0.25, 0.3) is 0 Å². The number of hydroxylamine groups is 2. The molecule has 1 aromatic heterocycles. The van der Waals surface area contributed by atoms with Gasteiger partial charge in [-0.1, -0.05) is 96.1 Å². The lowest BCUT2D eigenvalue weighted by atomic mass is 10.1. The molecule has 1 rings (SSSR count). The maximum atomic E-state index is 12.6. The molecule has 0 radical (unpaired) electrons. The van der Waals surface area contributed by atoms with Gasteiger partial charge in [0.05, 0.1) is 19.3 Å². The molecular weight excluding hydrogens is 564 g/mol. The van der Waals surface area contributed by atoms with Crippen molar-refractivity contribution in [3.63, 3.8) is 0 Å². The number of ketones is 1. The van der Waals surface area contributed by atoms with Crippen LogP contribution in [0.25, 0.3) is 0 Å². The largest absolute Gasteiger partial charge is 0.462 e. The quantitative estimate of drug-likeness (QED) is 0.0430. The van der Waals surface area contributed by atoms with E-state index in [0.717, 1.165) is 38.5 Å². The van der Waals surface area contributed by atoms with Gasteiger partial charge >= 0.3 is 11.9 Å². The lowest BCUT2D eigenvalue weighted by Gasteiger charge is -2.18. The van der Waals surface area contributed by atoms with Gasteiger partial charge in [-0.15, -0.1) is 5.10 Å². The van der Waals surface area contributed by atoms with Gasteiger partial charge in [0.15, 0.2) is 11.9 Å². The molecule has 0 aromatic carbocycles. The molecule has 0 bridgehead atoms. The van der Waals surface area contributed by atoms with Crippen LogP contribution in [0.4, 0.5) is 0 Å². The van der Waals surface area contributed by atoms with Crippen molar-refractivity contribution < 1.29 is 33.4 Å². The Morgan fingerprint density at radius 2 is 1.41 bits per heavy atom. The molecule has 44 heavy (non-hydrogen) atoms. The first-order valence-electron chi connectivity index (χ1n) is 16.9. The average Bonchev–Trinajstić information content (AvgIpc) is 3.47. The zero-order chi connectivity index (χ0) is 32.4. The van der Waals surface area contributed by atoms with E-state index in [1.54, 1.807) is 24.9 Å². The van der Waals surface area contributed by atoms with Crippen molar-refractivity contribution in [2.45, 2.75) is 155 Å². The number of ether oxygens (including phenoxy) is 3. The molecule has 11 nitrogen and oxygen atoms in total. The second-order valence-electron chi connectivity index (χ2n) is 11.7. The van der Waals surface area contributed by atoms with Crippen molar-refractivity contribution in [2.75, 3.05) is 27.5 Å². The Labute approximate surface area is 265 Å². The van der Waals surface area contributed by atoms with Crippen LogP contribution in [0.5, 0.6) is 0 Å². The van der Waals surface area contributed by atoms with E-state index in [-0.39, 0.29) is 44.0 Å². The second-order valence-corrected chi connectivity index (χ2v) is 11.7. The Kier molecular flexibility index (Phi) is 23.3. The normalized spacial score (nSPS) is 12.8. The number of rotatable bonds is 29. The Bertz CT molecular complexity index is 895. The molecule has 0 saturated heterocycles. The molecule has 1 aromatic rings. The van der Waals surface area contributed by atoms with Crippen LogP contribution in [0.15, 0.2) is 6.20 Å². The summed E-state index contributed by atoms with van der Waals surface area (Å²) < 4.78 is 18.3. The zero-order valence-corrected chi connectivity index (χ0v) is 28.2. The number of Topliss-reactive ketones (excluding diaryl/α,β-unsaturated/α-hetero) is 1. The summed E-state index contributed by atoms with van der Waals surface area (Å²) in [7, 11) is 3.25. The molecule has 254 valence electrons. The minimum atomic E-state index is -0.674. The minimum absolute atomic E-state index is 0.0312. The van der Waals surface area contributed by atoms with Crippen molar-refractivity contribution in [3.8, 4) is 0 Å². The molecule has 0 aliphatic heterocycles. The monoisotopic (exact) mass is 624 g/mol. The summed E-state index contributed by atoms with van der Waals surface area (Å²) in [5.74, 6) is -0.627. The number of esters is 2. The lowest BCUT2D eigenvalue weighted by molar-refractivity contribution is -0.183. The summed E-state index contributed by atoms with van der Waals surface area (Å²) in [4.78, 5) is 42.5. The number of aryl methyl sites for hydroxylation is 1. The highest BCUT2D eigenvalue weighted by Crippen LogP contribution is 2.12. The van der Waals surface area contributed by atoms with Gasteiger partial charge in [0, 0.05) is 38.9 Å². The third kappa shape index (κ3) is 20.6. The van der Waals surface area contributed by atoms with Crippen LogP contribution in [0, 0.1) is 0 Å². The van der Waals surface area contributed by atoms with Crippen LogP contribution in [-0.4, -0.2) is 77.5 Å². The molecule has 1 heterocycles. The third-order valence-electron chi connectivity index (χ3n) is 7.57. The second kappa shape index (κ2) is 25.9. The summed E-state index contributed by atoms with van der Waals surface area (Å²) in [5, 5.41) is 9.81. The standard InChI is InChI=1S/C33H60N4O7/c1-6-8-10-12-14-16-18-20-32(39)42-26-30(44-33(40)21-19-17-15-13-11-9-7-2)25-37-24-29(34-35-37)22-23-31(38)28(3)43-27-36(4)41-5/h24,28,30H,6-23,25-27H2,1-5H3. The van der Waals surface area contributed by atoms with Crippen LogP contribution in [0.3, 0.4) is 0 Å². The van der Waals surface area contributed by atoms with E-state index in [2.05, 4.69) is 24.2 Å². The van der Waals surface area contributed by atoms with E-state index in [1.165, 1.54) is 63.5 Å². The van der Waals surface area contributed by atoms with Crippen LogP contribution >= 0.6 is 0 Å². The van der Waals surface area contributed by atoms with Crippen LogP contribution in [0.1, 0.15) is 136 Å². The molecular formula is C33H60N4O7. The van der Waals surface area contributed by atoms with Gasteiger partial charge in [0.2, 0.25) is 0 Å². The van der Waals surface area contributed by atoms with Crippen LogP contribution in [-0.2, 0) is 46.4 Å². The van der Waals surface area contributed by atoms with E-state index in [4.69, 9.17) is 19.0 Å². The molecule has 0 spiro atoms. The Balaban J connectivity index is 2.58. The summed E-state index contributed by atoms with van der Waals surface area (Å²) in [6.07, 6.45) is 17.5. The number of nitrogens with zero attached hydrogens (tertiary/aromatic N) is 4. The first kappa shape index (κ1) is 39.7.